The molecule has 4 heteroatoms. The lowest BCUT2D eigenvalue weighted by Crippen LogP contribution is -1.80. The molecule has 0 aromatic carbocycles. The Morgan fingerprint density at radius 1 is 1.60 bits per heavy atom. The fraction of sp³-hybridized carbons (Fsp3) is 0. The molecule has 0 aliphatic rings. The molecule has 0 amide bonds. The molecule has 0 aliphatic heterocycles. The lowest BCUT2D eigenvalue weighted by Gasteiger charge is -1.93. The van der Waals surface area contributed by atoms with Crippen molar-refractivity contribution in [3.05, 3.63) is 27.5 Å². The van der Waals surface area contributed by atoms with Crippen LogP contribution in [0.4, 0.5) is 0 Å². The van der Waals surface area contributed by atoms with Crippen molar-refractivity contribution in [1.29, 1.82) is 5.26 Å². The molecule has 2 nitrogen and oxygen atoms in total. The maximum atomic E-state index is 8.46. The Bertz CT molecular complexity index is 292. The van der Waals surface area contributed by atoms with Crippen LogP contribution >= 0.6 is 27.5 Å². The summed E-state index contributed by atoms with van der Waals surface area (Å²) in [5, 5.41) is 8.92. The second-order valence-corrected chi connectivity index (χ2v) is 2.79. The first-order chi connectivity index (χ1) is 4.75. The van der Waals surface area contributed by atoms with Crippen LogP contribution in [0.15, 0.2) is 16.9 Å². The van der Waals surface area contributed by atoms with E-state index in [0.717, 1.165) is 0 Å². The Balaban J connectivity index is 3.31. The van der Waals surface area contributed by atoms with Gasteiger partial charge in [-0.15, -0.1) is 0 Å². The molecule has 0 saturated heterocycles. The minimum Gasteiger partial charge on any atom is -0.262 e. The standard InChI is InChI=1S/C6H2BrClN2/c7-6-4(1-9)2-10-3-5(6)8/h2-3H. The lowest BCUT2D eigenvalue weighted by molar-refractivity contribution is 1.29. The third-order valence-electron chi connectivity index (χ3n) is 0.958. The van der Waals surface area contributed by atoms with Gasteiger partial charge in [-0.3, -0.25) is 4.98 Å². The van der Waals surface area contributed by atoms with Crippen LogP contribution < -0.4 is 0 Å². The van der Waals surface area contributed by atoms with Crippen molar-refractivity contribution in [3.8, 4) is 6.07 Å². The summed E-state index contributed by atoms with van der Waals surface area (Å²) in [4.78, 5) is 3.73. The van der Waals surface area contributed by atoms with Gasteiger partial charge in [-0.2, -0.15) is 5.26 Å². The van der Waals surface area contributed by atoms with Gasteiger partial charge in [-0.05, 0) is 15.9 Å². The first-order valence-electron chi connectivity index (χ1n) is 2.45. The van der Waals surface area contributed by atoms with E-state index in [0.29, 0.717) is 15.1 Å². The minimum atomic E-state index is 0.451. The Labute approximate surface area is 71.6 Å². The maximum Gasteiger partial charge on any atom is 0.102 e. The van der Waals surface area contributed by atoms with E-state index in [2.05, 4.69) is 20.9 Å². The fourth-order valence-electron chi connectivity index (χ4n) is 0.497. The van der Waals surface area contributed by atoms with Crippen LogP contribution in [0.1, 0.15) is 5.56 Å². The zero-order chi connectivity index (χ0) is 7.56. The van der Waals surface area contributed by atoms with E-state index in [9.17, 15) is 0 Å². The van der Waals surface area contributed by atoms with Gasteiger partial charge in [0.05, 0.1) is 15.1 Å². The molecule has 0 fully saturated rings. The second-order valence-electron chi connectivity index (χ2n) is 1.59. The number of hydrogen-bond donors (Lipinski definition) is 0. The van der Waals surface area contributed by atoms with Gasteiger partial charge in [0.2, 0.25) is 0 Å². The number of pyridine rings is 1. The highest BCUT2D eigenvalue weighted by molar-refractivity contribution is 9.10. The number of nitriles is 1. The van der Waals surface area contributed by atoms with E-state index in [1.807, 2.05) is 6.07 Å². The van der Waals surface area contributed by atoms with Crippen molar-refractivity contribution >= 4 is 27.5 Å². The van der Waals surface area contributed by atoms with Crippen molar-refractivity contribution in [3.63, 3.8) is 0 Å². The van der Waals surface area contributed by atoms with E-state index in [1.54, 1.807) is 0 Å². The summed E-state index contributed by atoms with van der Waals surface area (Å²) in [6.45, 7) is 0. The van der Waals surface area contributed by atoms with Gasteiger partial charge in [0.15, 0.2) is 0 Å². The molecular formula is C6H2BrClN2. The van der Waals surface area contributed by atoms with Crippen LogP contribution in [0, 0.1) is 11.3 Å². The average molecular weight is 217 g/mol. The van der Waals surface area contributed by atoms with Gasteiger partial charge >= 0.3 is 0 Å². The zero-order valence-electron chi connectivity index (χ0n) is 4.81. The third-order valence-corrected chi connectivity index (χ3v) is 2.33. The number of halogens is 2. The van der Waals surface area contributed by atoms with Gasteiger partial charge in [0.1, 0.15) is 6.07 Å². The van der Waals surface area contributed by atoms with E-state index in [1.165, 1.54) is 12.4 Å². The predicted molar refractivity (Wildman–Crippen MR) is 41.7 cm³/mol. The molecule has 0 spiro atoms. The smallest absolute Gasteiger partial charge is 0.102 e. The van der Waals surface area contributed by atoms with Crippen LogP contribution in [0.5, 0.6) is 0 Å². The Morgan fingerprint density at radius 2 is 2.30 bits per heavy atom. The minimum absolute atomic E-state index is 0.451. The molecule has 1 aromatic heterocycles. The monoisotopic (exact) mass is 216 g/mol. The molecular weight excluding hydrogens is 215 g/mol. The fourth-order valence-corrected chi connectivity index (χ4v) is 0.949. The maximum absolute atomic E-state index is 8.46. The van der Waals surface area contributed by atoms with E-state index < -0.39 is 0 Å². The Morgan fingerprint density at radius 3 is 2.80 bits per heavy atom. The molecule has 1 heterocycles. The number of aromatic nitrogens is 1. The van der Waals surface area contributed by atoms with Crippen LogP contribution in [0.3, 0.4) is 0 Å². The quantitative estimate of drug-likeness (QED) is 0.669. The summed E-state index contributed by atoms with van der Waals surface area (Å²) in [7, 11) is 0. The zero-order valence-corrected chi connectivity index (χ0v) is 7.15. The van der Waals surface area contributed by atoms with E-state index in [-0.39, 0.29) is 0 Å². The van der Waals surface area contributed by atoms with Gasteiger partial charge in [-0.1, -0.05) is 11.6 Å². The van der Waals surface area contributed by atoms with Crippen LogP contribution in [-0.4, -0.2) is 4.98 Å². The summed E-state index contributed by atoms with van der Waals surface area (Å²) < 4.78 is 0.603. The summed E-state index contributed by atoms with van der Waals surface area (Å²) >= 11 is 8.78. The summed E-state index contributed by atoms with van der Waals surface area (Å²) in [5.41, 5.74) is 0.451. The first kappa shape index (κ1) is 7.52. The van der Waals surface area contributed by atoms with Crippen molar-refractivity contribution in [2.24, 2.45) is 0 Å². The highest BCUT2D eigenvalue weighted by Crippen LogP contribution is 2.23. The summed E-state index contributed by atoms with van der Waals surface area (Å²) in [6.07, 6.45) is 2.93. The molecule has 1 aromatic rings. The third kappa shape index (κ3) is 1.28. The Kier molecular flexibility index (Phi) is 2.25. The van der Waals surface area contributed by atoms with E-state index in [4.69, 9.17) is 16.9 Å². The second kappa shape index (κ2) is 3.00. The van der Waals surface area contributed by atoms with Gasteiger partial charge in [0, 0.05) is 12.4 Å². The highest BCUT2D eigenvalue weighted by atomic mass is 79.9. The molecule has 10 heavy (non-hydrogen) atoms. The highest BCUT2D eigenvalue weighted by Gasteiger charge is 2.01. The molecule has 0 saturated carbocycles. The molecule has 0 N–H and O–H groups in total. The summed E-state index contributed by atoms with van der Waals surface area (Å²) in [6, 6.07) is 1.94. The van der Waals surface area contributed by atoms with Crippen molar-refractivity contribution < 1.29 is 0 Å². The largest absolute Gasteiger partial charge is 0.262 e. The van der Waals surface area contributed by atoms with Gasteiger partial charge in [0.25, 0.3) is 0 Å². The van der Waals surface area contributed by atoms with Crippen LogP contribution in [0.25, 0.3) is 0 Å². The number of hydrogen-bond acceptors (Lipinski definition) is 2. The van der Waals surface area contributed by atoms with Crippen LogP contribution in [0.2, 0.25) is 5.02 Å². The average Bonchev–Trinajstić information content (AvgIpc) is 1.95. The number of rotatable bonds is 0. The van der Waals surface area contributed by atoms with Crippen molar-refractivity contribution in [2.45, 2.75) is 0 Å². The normalized spacial score (nSPS) is 8.90. The molecule has 1 rings (SSSR count). The van der Waals surface area contributed by atoms with Crippen molar-refractivity contribution in [2.75, 3.05) is 0 Å². The molecule has 50 valence electrons. The first-order valence-corrected chi connectivity index (χ1v) is 3.62. The Hall–Kier alpha value is -0.590. The molecule has 0 bridgehead atoms. The molecule has 0 atom stereocenters. The molecule has 0 radical (unpaired) electrons. The van der Waals surface area contributed by atoms with Gasteiger partial charge in [-0.25, -0.2) is 0 Å². The predicted octanol–water partition coefficient (Wildman–Crippen LogP) is 2.37. The molecule has 0 unspecified atom stereocenters. The van der Waals surface area contributed by atoms with Gasteiger partial charge < -0.3 is 0 Å². The lowest BCUT2D eigenvalue weighted by atomic mass is 10.3. The summed E-state index contributed by atoms with van der Waals surface area (Å²) in [5.74, 6) is 0. The van der Waals surface area contributed by atoms with E-state index >= 15 is 0 Å². The topological polar surface area (TPSA) is 36.7 Å². The van der Waals surface area contributed by atoms with Crippen molar-refractivity contribution in [1.82, 2.24) is 4.98 Å². The molecule has 0 aliphatic carbocycles. The van der Waals surface area contributed by atoms with Crippen LogP contribution in [-0.2, 0) is 0 Å². The number of nitrogens with zero attached hydrogens (tertiary/aromatic N) is 2. The SMILES string of the molecule is N#Cc1cncc(Cl)c1Br.